The maximum atomic E-state index is 4.00. The third-order valence-corrected chi connectivity index (χ3v) is 7.57. The molecule has 4 unspecified atom stereocenters. The molecule has 0 heterocycles. The first-order valence-corrected chi connectivity index (χ1v) is 10.00. The summed E-state index contributed by atoms with van der Waals surface area (Å²) in [5.74, 6) is 8.89. The van der Waals surface area contributed by atoms with E-state index in [1.807, 2.05) is 13.0 Å². The van der Waals surface area contributed by atoms with Gasteiger partial charge in [0.2, 0.25) is 0 Å². The first-order chi connectivity index (χ1) is 12.1. The Morgan fingerprint density at radius 3 is 2.76 bits per heavy atom. The number of allylic oxidation sites excluding steroid dienone is 2. The van der Waals surface area contributed by atoms with Gasteiger partial charge in [-0.1, -0.05) is 43.2 Å². The highest BCUT2D eigenvalue weighted by atomic mass is 14.6. The van der Waals surface area contributed by atoms with E-state index in [2.05, 4.69) is 50.5 Å². The Hall–Kier alpha value is -1.74. The lowest BCUT2D eigenvalue weighted by atomic mass is 9.55. The van der Waals surface area contributed by atoms with Gasteiger partial charge in [-0.25, -0.2) is 0 Å². The highest BCUT2D eigenvalue weighted by Gasteiger charge is 2.52. The Kier molecular flexibility index (Phi) is 4.15. The number of benzene rings is 1. The van der Waals surface area contributed by atoms with E-state index in [-0.39, 0.29) is 0 Å². The molecule has 0 saturated heterocycles. The van der Waals surface area contributed by atoms with Gasteiger partial charge in [0.15, 0.2) is 0 Å². The lowest BCUT2D eigenvalue weighted by molar-refractivity contribution is 0.0813. The second-order valence-corrected chi connectivity index (χ2v) is 8.44. The molecule has 3 aliphatic carbocycles. The quantitative estimate of drug-likeness (QED) is 0.407. The summed E-state index contributed by atoms with van der Waals surface area (Å²) in [6.45, 7) is 10.7. The molecule has 0 nitrogen and oxygen atoms in total. The molecule has 4 rings (SSSR count). The standard InChI is InChI=1S/C25H30/c1-5-8-18-16-23-19(15-17(18)6-2)9-11-22-21(23)13-14-25(4)20(7-3)10-12-24(22)25/h6-7,15-16,21-22,24H,2,9-14H2,1,3-4H3/b20-7-. The molecular weight excluding hydrogens is 300 g/mol. The van der Waals surface area contributed by atoms with Crippen LogP contribution in [0.1, 0.15) is 81.0 Å². The predicted octanol–water partition coefficient (Wildman–Crippen LogP) is 6.50. The molecule has 3 aliphatic rings. The van der Waals surface area contributed by atoms with Crippen LogP contribution in [-0.2, 0) is 6.42 Å². The van der Waals surface area contributed by atoms with Crippen LogP contribution in [0.4, 0.5) is 0 Å². The van der Waals surface area contributed by atoms with E-state index in [9.17, 15) is 0 Å². The van der Waals surface area contributed by atoms with Crippen molar-refractivity contribution in [3.05, 3.63) is 52.6 Å². The fourth-order valence-electron chi connectivity index (χ4n) is 6.37. The minimum atomic E-state index is 0.473. The van der Waals surface area contributed by atoms with E-state index < -0.39 is 0 Å². The van der Waals surface area contributed by atoms with E-state index in [4.69, 9.17) is 0 Å². The third-order valence-electron chi connectivity index (χ3n) is 7.57. The number of hydrogen-bond donors (Lipinski definition) is 0. The van der Waals surface area contributed by atoms with Crippen LogP contribution in [0.3, 0.4) is 0 Å². The van der Waals surface area contributed by atoms with Crippen molar-refractivity contribution in [2.24, 2.45) is 17.3 Å². The third kappa shape index (κ3) is 2.43. The van der Waals surface area contributed by atoms with Gasteiger partial charge in [0, 0.05) is 5.56 Å². The summed E-state index contributed by atoms with van der Waals surface area (Å²) in [5.41, 5.74) is 7.76. The van der Waals surface area contributed by atoms with Crippen molar-refractivity contribution in [2.75, 3.05) is 0 Å². The number of rotatable bonds is 1. The minimum absolute atomic E-state index is 0.473. The SMILES string of the molecule is C=Cc1cc2c(cc1C#CC)C1CCC3(C)/C(=C\C)CCC3C1CC2. The summed E-state index contributed by atoms with van der Waals surface area (Å²) in [6.07, 6.45) is 12.4. The number of hydrogen-bond acceptors (Lipinski definition) is 0. The Morgan fingerprint density at radius 2 is 2.04 bits per heavy atom. The molecule has 0 N–H and O–H groups in total. The van der Waals surface area contributed by atoms with Gasteiger partial charge in [0.1, 0.15) is 0 Å². The zero-order valence-electron chi connectivity index (χ0n) is 16.0. The topological polar surface area (TPSA) is 0 Å². The van der Waals surface area contributed by atoms with Gasteiger partial charge in [0.25, 0.3) is 0 Å². The van der Waals surface area contributed by atoms with Crippen LogP contribution >= 0.6 is 0 Å². The van der Waals surface area contributed by atoms with Gasteiger partial charge in [-0.05, 0) is 98.3 Å². The van der Waals surface area contributed by atoms with E-state index >= 15 is 0 Å². The van der Waals surface area contributed by atoms with Crippen molar-refractivity contribution in [2.45, 2.75) is 65.2 Å². The lowest BCUT2D eigenvalue weighted by Crippen LogP contribution is -2.40. The maximum Gasteiger partial charge on any atom is 0.0320 e. The van der Waals surface area contributed by atoms with Crippen molar-refractivity contribution in [3.63, 3.8) is 0 Å². The molecule has 0 radical (unpaired) electrons. The number of fused-ring (bicyclic) bond motifs is 5. The van der Waals surface area contributed by atoms with Crippen molar-refractivity contribution >= 4 is 6.08 Å². The summed E-state index contributed by atoms with van der Waals surface area (Å²) in [7, 11) is 0. The summed E-state index contributed by atoms with van der Waals surface area (Å²) < 4.78 is 0. The molecule has 0 spiro atoms. The maximum absolute atomic E-state index is 4.00. The minimum Gasteiger partial charge on any atom is -0.101 e. The molecule has 1 aromatic rings. The molecule has 1 aromatic carbocycles. The van der Waals surface area contributed by atoms with Gasteiger partial charge < -0.3 is 0 Å². The van der Waals surface area contributed by atoms with Crippen LogP contribution < -0.4 is 0 Å². The molecule has 4 atom stereocenters. The average Bonchev–Trinajstić information content (AvgIpc) is 2.97. The largest absolute Gasteiger partial charge is 0.101 e. The van der Waals surface area contributed by atoms with Crippen LogP contribution in [-0.4, -0.2) is 0 Å². The van der Waals surface area contributed by atoms with Crippen molar-refractivity contribution in [3.8, 4) is 11.8 Å². The van der Waals surface area contributed by atoms with Crippen LogP contribution in [0, 0.1) is 29.1 Å². The first kappa shape index (κ1) is 16.7. The van der Waals surface area contributed by atoms with Gasteiger partial charge in [-0.2, -0.15) is 0 Å². The molecule has 0 bridgehead atoms. The fourth-order valence-corrected chi connectivity index (χ4v) is 6.37. The molecule has 0 amide bonds. The van der Waals surface area contributed by atoms with Gasteiger partial charge in [0.05, 0.1) is 0 Å². The molecule has 2 saturated carbocycles. The van der Waals surface area contributed by atoms with Crippen LogP contribution in [0.2, 0.25) is 0 Å². The fraction of sp³-hybridized carbons (Fsp3) is 0.520. The highest BCUT2D eigenvalue weighted by Crippen LogP contribution is 2.62. The Morgan fingerprint density at radius 1 is 1.20 bits per heavy atom. The molecule has 25 heavy (non-hydrogen) atoms. The second kappa shape index (κ2) is 6.21. The summed E-state index contributed by atoms with van der Waals surface area (Å²) in [5, 5.41) is 0. The second-order valence-electron chi connectivity index (χ2n) is 8.44. The smallest absolute Gasteiger partial charge is 0.0320 e. The Bertz CT molecular complexity index is 797. The van der Waals surface area contributed by atoms with Gasteiger partial charge >= 0.3 is 0 Å². The van der Waals surface area contributed by atoms with Crippen LogP contribution in [0.15, 0.2) is 30.4 Å². The molecule has 0 aliphatic heterocycles. The van der Waals surface area contributed by atoms with E-state index in [0.717, 1.165) is 17.8 Å². The van der Waals surface area contributed by atoms with Crippen LogP contribution in [0.5, 0.6) is 0 Å². The van der Waals surface area contributed by atoms with E-state index in [1.54, 1.807) is 16.7 Å². The van der Waals surface area contributed by atoms with Crippen molar-refractivity contribution in [1.29, 1.82) is 0 Å². The van der Waals surface area contributed by atoms with Crippen molar-refractivity contribution < 1.29 is 0 Å². The highest BCUT2D eigenvalue weighted by molar-refractivity contribution is 5.61. The lowest BCUT2D eigenvalue weighted by Gasteiger charge is -2.49. The van der Waals surface area contributed by atoms with Crippen molar-refractivity contribution in [1.82, 2.24) is 0 Å². The van der Waals surface area contributed by atoms with E-state index in [1.165, 1.54) is 49.7 Å². The molecule has 0 aromatic heterocycles. The first-order valence-electron chi connectivity index (χ1n) is 10.00. The molecule has 2 fully saturated rings. The van der Waals surface area contributed by atoms with Gasteiger partial charge in [-0.15, -0.1) is 5.92 Å². The Labute approximate surface area is 153 Å². The Balaban J connectivity index is 1.75. The van der Waals surface area contributed by atoms with Crippen LogP contribution in [0.25, 0.3) is 6.08 Å². The average molecular weight is 331 g/mol. The summed E-state index contributed by atoms with van der Waals surface area (Å²) in [4.78, 5) is 0. The normalized spacial score (nSPS) is 34.5. The summed E-state index contributed by atoms with van der Waals surface area (Å²) >= 11 is 0. The monoisotopic (exact) mass is 330 g/mol. The molecule has 130 valence electrons. The number of aryl methyl sites for hydroxylation is 1. The zero-order chi connectivity index (χ0) is 17.6. The van der Waals surface area contributed by atoms with E-state index in [0.29, 0.717) is 5.41 Å². The molecule has 0 heteroatoms. The van der Waals surface area contributed by atoms with Gasteiger partial charge in [-0.3, -0.25) is 0 Å². The predicted molar refractivity (Wildman–Crippen MR) is 107 cm³/mol. The molecular formula is C25H30. The summed E-state index contributed by atoms with van der Waals surface area (Å²) in [6, 6.07) is 4.78. The zero-order valence-corrected chi connectivity index (χ0v) is 16.0.